The monoisotopic (exact) mass is 386 g/mol. The van der Waals surface area contributed by atoms with Crippen molar-refractivity contribution in [2.24, 2.45) is 46.3 Å². The standard InChI is InChI=1S/C25H38O3/c1-15(5-8-22(27)28)19-6-7-20-23-16(2)13-17-14-18(26)9-11-24(17,3)21(23)10-12-25(19,20)4/h14-16,19-21,23H,5-13H2,1-4H3,(H,27,28)/t15-,16?,19?,20?,21?,23+,24+,25-/m1/s1. The van der Waals surface area contributed by atoms with Gasteiger partial charge in [-0.2, -0.15) is 0 Å². The van der Waals surface area contributed by atoms with Gasteiger partial charge in [-0.05, 0) is 97.4 Å². The number of allylic oxidation sites excluding steroid dienone is 1. The number of rotatable bonds is 4. The van der Waals surface area contributed by atoms with Crippen LogP contribution in [0.4, 0.5) is 0 Å². The van der Waals surface area contributed by atoms with Gasteiger partial charge in [0, 0.05) is 12.8 Å². The summed E-state index contributed by atoms with van der Waals surface area (Å²) in [6.07, 6.45) is 11.2. The summed E-state index contributed by atoms with van der Waals surface area (Å²) >= 11 is 0. The number of carbonyl (C=O) groups excluding carboxylic acids is 1. The molecule has 0 aliphatic heterocycles. The van der Waals surface area contributed by atoms with Gasteiger partial charge in [0.05, 0.1) is 0 Å². The van der Waals surface area contributed by atoms with E-state index < -0.39 is 5.97 Å². The summed E-state index contributed by atoms with van der Waals surface area (Å²) in [4.78, 5) is 23.1. The molecule has 4 aliphatic rings. The van der Waals surface area contributed by atoms with Crippen LogP contribution in [0.15, 0.2) is 11.6 Å². The molecule has 28 heavy (non-hydrogen) atoms. The highest BCUT2D eigenvalue weighted by Gasteiger charge is 2.60. The van der Waals surface area contributed by atoms with E-state index >= 15 is 0 Å². The number of hydrogen-bond acceptors (Lipinski definition) is 2. The van der Waals surface area contributed by atoms with Gasteiger partial charge in [-0.15, -0.1) is 0 Å². The first-order valence-corrected chi connectivity index (χ1v) is 11.6. The number of carboxylic acids is 1. The summed E-state index contributed by atoms with van der Waals surface area (Å²) in [6.45, 7) is 9.73. The fourth-order valence-corrected chi connectivity index (χ4v) is 8.43. The lowest BCUT2D eigenvalue weighted by molar-refractivity contribution is -0.137. The van der Waals surface area contributed by atoms with E-state index in [-0.39, 0.29) is 5.41 Å². The molecule has 3 nitrogen and oxygen atoms in total. The maximum absolute atomic E-state index is 12.1. The molecular weight excluding hydrogens is 348 g/mol. The van der Waals surface area contributed by atoms with Crippen LogP contribution in [0.5, 0.6) is 0 Å². The van der Waals surface area contributed by atoms with Crippen molar-refractivity contribution >= 4 is 11.8 Å². The second-order valence-corrected chi connectivity index (χ2v) is 11.2. The third-order valence-electron chi connectivity index (χ3n) is 9.88. The normalized spacial score (nSPS) is 46.2. The maximum atomic E-state index is 12.1. The number of aliphatic carboxylic acids is 1. The van der Waals surface area contributed by atoms with Gasteiger partial charge in [-0.3, -0.25) is 9.59 Å². The highest BCUT2D eigenvalue weighted by molar-refractivity contribution is 5.91. The highest BCUT2D eigenvalue weighted by atomic mass is 16.4. The summed E-state index contributed by atoms with van der Waals surface area (Å²) in [5.74, 6) is 3.78. The zero-order valence-corrected chi connectivity index (χ0v) is 18.2. The molecule has 0 bridgehead atoms. The predicted molar refractivity (Wildman–Crippen MR) is 111 cm³/mol. The van der Waals surface area contributed by atoms with E-state index in [1.54, 1.807) is 0 Å². The Hall–Kier alpha value is -1.12. The second kappa shape index (κ2) is 6.99. The molecule has 3 saturated carbocycles. The Balaban J connectivity index is 1.59. The van der Waals surface area contributed by atoms with Crippen LogP contribution in [0.2, 0.25) is 0 Å². The summed E-state index contributed by atoms with van der Waals surface area (Å²) in [5, 5.41) is 9.12. The molecular formula is C25H38O3. The average molecular weight is 387 g/mol. The van der Waals surface area contributed by atoms with E-state index in [2.05, 4.69) is 27.7 Å². The van der Waals surface area contributed by atoms with E-state index in [1.165, 1.54) is 31.3 Å². The largest absolute Gasteiger partial charge is 0.481 e. The van der Waals surface area contributed by atoms with Gasteiger partial charge in [-0.1, -0.05) is 33.3 Å². The maximum Gasteiger partial charge on any atom is 0.303 e. The quantitative estimate of drug-likeness (QED) is 0.656. The van der Waals surface area contributed by atoms with Crippen molar-refractivity contribution in [3.05, 3.63) is 11.6 Å². The van der Waals surface area contributed by atoms with Gasteiger partial charge in [-0.25, -0.2) is 0 Å². The van der Waals surface area contributed by atoms with E-state index in [9.17, 15) is 9.59 Å². The molecule has 0 spiro atoms. The van der Waals surface area contributed by atoms with Crippen LogP contribution < -0.4 is 0 Å². The van der Waals surface area contributed by atoms with Gasteiger partial charge in [0.25, 0.3) is 0 Å². The van der Waals surface area contributed by atoms with Gasteiger partial charge in [0.2, 0.25) is 0 Å². The lowest BCUT2D eigenvalue weighted by Crippen LogP contribution is -2.53. The van der Waals surface area contributed by atoms with Gasteiger partial charge in [0.15, 0.2) is 5.78 Å². The number of carboxylic acid groups (broad SMARTS) is 1. The molecule has 0 aromatic carbocycles. The molecule has 8 atom stereocenters. The van der Waals surface area contributed by atoms with Crippen LogP contribution >= 0.6 is 0 Å². The lowest BCUT2D eigenvalue weighted by atomic mass is 9.44. The van der Waals surface area contributed by atoms with Crippen molar-refractivity contribution in [2.75, 3.05) is 0 Å². The smallest absolute Gasteiger partial charge is 0.303 e. The molecule has 0 aromatic rings. The molecule has 0 saturated heterocycles. The van der Waals surface area contributed by atoms with Crippen molar-refractivity contribution in [2.45, 2.75) is 85.5 Å². The van der Waals surface area contributed by atoms with Crippen LogP contribution in [0, 0.1) is 46.3 Å². The van der Waals surface area contributed by atoms with Crippen LogP contribution in [0.3, 0.4) is 0 Å². The molecule has 0 heterocycles. The SMILES string of the molecule is CC1CC2=CC(=O)CC[C@]2(C)C2CC[C@@]3(C)C(CCC3[C@H](C)CCC(=O)O)[C@H]12. The van der Waals surface area contributed by atoms with Crippen molar-refractivity contribution in [3.8, 4) is 0 Å². The molecule has 156 valence electrons. The Labute approximate surface area is 170 Å². The Morgan fingerprint density at radius 2 is 1.96 bits per heavy atom. The first-order chi connectivity index (χ1) is 13.2. The first kappa shape index (κ1) is 20.2. The fraction of sp³-hybridized carbons (Fsp3) is 0.840. The van der Waals surface area contributed by atoms with Crippen molar-refractivity contribution < 1.29 is 14.7 Å². The van der Waals surface area contributed by atoms with Crippen LogP contribution in [-0.4, -0.2) is 16.9 Å². The van der Waals surface area contributed by atoms with E-state index in [4.69, 9.17) is 5.11 Å². The number of carbonyl (C=O) groups is 2. The lowest BCUT2D eigenvalue weighted by Gasteiger charge is -2.60. The molecule has 0 aromatic heterocycles. The zero-order valence-electron chi connectivity index (χ0n) is 18.2. The van der Waals surface area contributed by atoms with E-state index in [0.717, 1.165) is 43.4 Å². The molecule has 3 fully saturated rings. The molecule has 4 aliphatic carbocycles. The second-order valence-electron chi connectivity index (χ2n) is 11.2. The Morgan fingerprint density at radius 1 is 1.21 bits per heavy atom. The van der Waals surface area contributed by atoms with Gasteiger partial charge < -0.3 is 5.11 Å². The molecule has 1 N–H and O–H groups in total. The summed E-state index contributed by atoms with van der Waals surface area (Å²) in [5.41, 5.74) is 2.06. The number of hydrogen-bond donors (Lipinski definition) is 1. The Kier molecular flexibility index (Phi) is 5.03. The minimum atomic E-state index is -0.657. The Bertz CT molecular complexity index is 694. The minimum Gasteiger partial charge on any atom is -0.481 e. The topological polar surface area (TPSA) is 54.4 Å². The van der Waals surface area contributed by atoms with E-state index in [0.29, 0.717) is 35.4 Å². The van der Waals surface area contributed by atoms with Gasteiger partial charge >= 0.3 is 5.97 Å². The summed E-state index contributed by atoms with van der Waals surface area (Å²) < 4.78 is 0. The zero-order chi connectivity index (χ0) is 20.3. The predicted octanol–water partition coefficient (Wildman–Crippen LogP) is 5.88. The number of fused-ring (bicyclic) bond motifs is 5. The summed E-state index contributed by atoms with van der Waals surface area (Å²) in [6, 6.07) is 0. The first-order valence-electron chi connectivity index (χ1n) is 11.6. The van der Waals surface area contributed by atoms with Crippen molar-refractivity contribution in [3.63, 3.8) is 0 Å². The number of ketones is 1. The molecule has 4 unspecified atom stereocenters. The molecule has 0 amide bonds. The van der Waals surface area contributed by atoms with Gasteiger partial charge in [0.1, 0.15) is 0 Å². The van der Waals surface area contributed by atoms with Crippen molar-refractivity contribution in [1.29, 1.82) is 0 Å². The van der Waals surface area contributed by atoms with Crippen LogP contribution in [0.25, 0.3) is 0 Å². The third kappa shape index (κ3) is 2.99. The summed E-state index contributed by atoms with van der Waals surface area (Å²) in [7, 11) is 0. The minimum absolute atomic E-state index is 0.236. The Morgan fingerprint density at radius 3 is 2.68 bits per heavy atom. The van der Waals surface area contributed by atoms with E-state index in [1.807, 2.05) is 6.08 Å². The third-order valence-corrected chi connectivity index (χ3v) is 9.88. The molecule has 0 radical (unpaired) electrons. The fourth-order valence-electron chi connectivity index (χ4n) is 8.43. The van der Waals surface area contributed by atoms with Crippen LogP contribution in [-0.2, 0) is 9.59 Å². The molecule has 3 heteroatoms. The highest BCUT2D eigenvalue weighted by Crippen LogP contribution is 2.68. The van der Waals surface area contributed by atoms with Crippen LogP contribution in [0.1, 0.15) is 85.5 Å². The van der Waals surface area contributed by atoms with Crippen molar-refractivity contribution in [1.82, 2.24) is 0 Å². The average Bonchev–Trinajstić information content (AvgIpc) is 2.98. The molecule has 4 rings (SSSR count).